The van der Waals surface area contributed by atoms with Gasteiger partial charge in [0.25, 0.3) is 0 Å². The van der Waals surface area contributed by atoms with Crippen LogP contribution in [0.1, 0.15) is 57.7 Å². The van der Waals surface area contributed by atoms with Crippen LogP contribution in [-0.4, -0.2) is 16.7 Å². The van der Waals surface area contributed by atoms with Crippen LogP contribution in [0.25, 0.3) is 0 Å². The minimum atomic E-state index is -1.10. The van der Waals surface area contributed by atoms with Crippen LogP contribution < -0.4 is 0 Å². The molecule has 2 aromatic carbocycles. The van der Waals surface area contributed by atoms with E-state index in [9.17, 15) is 14.7 Å². The van der Waals surface area contributed by atoms with Crippen molar-refractivity contribution in [2.45, 2.75) is 25.9 Å². The first-order valence-electron chi connectivity index (χ1n) is 7.66. The average Bonchev–Trinajstić information content (AvgIpc) is 2.57. The molecule has 1 N–H and O–H groups in total. The molecular formula is C20H18O3. The molecule has 0 saturated carbocycles. The Morgan fingerprint density at radius 3 is 2.00 bits per heavy atom. The molecule has 0 aliphatic heterocycles. The normalized spacial score (nSPS) is 15.4. The van der Waals surface area contributed by atoms with Crippen molar-refractivity contribution < 1.29 is 14.7 Å². The van der Waals surface area contributed by atoms with E-state index >= 15 is 0 Å². The number of hydrogen-bond acceptors (Lipinski definition) is 3. The van der Waals surface area contributed by atoms with E-state index in [2.05, 4.69) is 13.8 Å². The Morgan fingerprint density at radius 2 is 1.39 bits per heavy atom. The largest absolute Gasteiger partial charge is 0.384 e. The van der Waals surface area contributed by atoms with Gasteiger partial charge in [0.1, 0.15) is 6.10 Å². The minimum Gasteiger partial charge on any atom is -0.384 e. The molecule has 1 aliphatic rings. The van der Waals surface area contributed by atoms with Crippen molar-refractivity contribution in [3.05, 3.63) is 82.4 Å². The first-order chi connectivity index (χ1) is 11.0. The number of aliphatic hydroxyl groups is 1. The summed E-state index contributed by atoms with van der Waals surface area (Å²) in [4.78, 5) is 24.8. The van der Waals surface area contributed by atoms with Gasteiger partial charge in [-0.2, -0.15) is 0 Å². The van der Waals surface area contributed by atoms with Gasteiger partial charge in [-0.3, -0.25) is 9.59 Å². The number of aliphatic hydroxyl groups excluding tert-OH is 1. The quantitative estimate of drug-likeness (QED) is 0.937. The van der Waals surface area contributed by atoms with Crippen molar-refractivity contribution in [1.82, 2.24) is 0 Å². The van der Waals surface area contributed by atoms with Gasteiger partial charge < -0.3 is 5.11 Å². The predicted molar refractivity (Wildman–Crippen MR) is 88.7 cm³/mol. The lowest BCUT2D eigenvalue weighted by Gasteiger charge is -2.20. The van der Waals surface area contributed by atoms with E-state index in [0.717, 1.165) is 5.56 Å². The molecule has 116 valence electrons. The van der Waals surface area contributed by atoms with Crippen molar-refractivity contribution in [2.24, 2.45) is 0 Å². The fourth-order valence-electron chi connectivity index (χ4n) is 2.78. The SMILES string of the molecule is CC(C)c1ccc([C@@H](O)C2=CC(=O)c3ccccc3C2=O)cc1. The number of ketones is 2. The Labute approximate surface area is 135 Å². The van der Waals surface area contributed by atoms with E-state index < -0.39 is 6.10 Å². The number of fused-ring (bicyclic) bond motifs is 1. The molecule has 0 saturated heterocycles. The van der Waals surface area contributed by atoms with Crippen molar-refractivity contribution in [3.63, 3.8) is 0 Å². The summed E-state index contributed by atoms with van der Waals surface area (Å²) in [6.07, 6.45) is 0.159. The van der Waals surface area contributed by atoms with Gasteiger partial charge in [-0.25, -0.2) is 0 Å². The summed E-state index contributed by atoms with van der Waals surface area (Å²) in [5.74, 6) is -0.140. The van der Waals surface area contributed by atoms with E-state index in [1.54, 1.807) is 36.4 Å². The fraction of sp³-hybridized carbons (Fsp3) is 0.200. The summed E-state index contributed by atoms with van der Waals surface area (Å²) in [6.45, 7) is 4.18. The first-order valence-corrected chi connectivity index (χ1v) is 7.66. The average molecular weight is 306 g/mol. The second kappa shape index (κ2) is 5.94. The molecule has 0 amide bonds. The molecular weight excluding hydrogens is 288 g/mol. The Balaban J connectivity index is 1.95. The molecule has 0 unspecified atom stereocenters. The summed E-state index contributed by atoms with van der Waals surface area (Å²) in [6, 6.07) is 14.2. The van der Waals surface area contributed by atoms with Gasteiger partial charge in [0, 0.05) is 16.7 Å². The first kappa shape index (κ1) is 15.4. The van der Waals surface area contributed by atoms with Crippen LogP contribution in [0.2, 0.25) is 0 Å². The Hall–Kier alpha value is -2.52. The number of rotatable bonds is 3. The van der Waals surface area contributed by atoms with Gasteiger partial charge in [-0.15, -0.1) is 0 Å². The predicted octanol–water partition coefficient (Wildman–Crippen LogP) is 3.85. The van der Waals surface area contributed by atoms with Gasteiger partial charge in [-0.1, -0.05) is 62.4 Å². The van der Waals surface area contributed by atoms with Crippen molar-refractivity contribution in [2.75, 3.05) is 0 Å². The maximum absolute atomic E-state index is 12.6. The van der Waals surface area contributed by atoms with Gasteiger partial charge in [0.05, 0.1) is 0 Å². The van der Waals surface area contributed by atoms with Gasteiger partial charge in [0.15, 0.2) is 11.6 Å². The summed E-state index contributed by atoms with van der Waals surface area (Å²) < 4.78 is 0. The maximum atomic E-state index is 12.6. The zero-order valence-electron chi connectivity index (χ0n) is 13.1. The minimum absolute atomic E-state index is 0.131. The van der Waals surface area contributed by atoms with E-state index in [0.29, 0.717) is 22.6 Å². The highest BCUT2D eigenvalue weighted by Gasteiger charge is 2.29. The Kier molecular flexibility index (Phi) is 3.97. The van der Waals surface area contributed by atoms with Gasteiger partial charge in [0.2, 0.25) is 0 Å². The lowest BCUT2D eigenvalue weighted by Crippen LogP contribution is -2.21. The molecule has 0 bridgehead atoms. The molecule has 23 heavy (non-hydrogen) atoms. The number of carbonyl (C=O) groups excluding carboxylic acids is 2. The molecule has 3 heteroatoms. The highest BCUT2D eigenvalue weighted by atomic mass is 16.3. The van der Waals surface area contributed by atoms with E-state index in [4.69, 9.17) is 0 Å². The van der Waals surface area contributed by atoms with Crippen LogP contribution in [0, 0.1) is 0 Å². The summed E-state index contributed by atoms with van der Waals surface area (Å²) in [5, 5.41) is 10.5. The number of benzene rings is 2. The molecule has 3 nitrogen and oxygen atoms in total. The van der Waals surface area contributed by atoms with Crippen LogP contribution in [0.4, 0.5) is 0 Å². The third kappa shape index (κ3) is 2.76. The van der Waals surface area contributed by atoms with Gasteiger partial charge >= 0.3 is 0 Å². The third-order valence-corrected chi connectivity index (χ3v) is 4.20. The van der Waals surface area contributed by atoms with E-state index in [1.165, 1.54) is 6.08 Å². The van der Waals surface area contributed by atoms with Crippen LogP contribution in [0.5, 0.6) is 0 Å². The summed E-state index contributed by atoms with van der Waals surface area (Å²) in [7, 11) is 0. The molecule has 1 aliphatic carbocycles. The molecule has 0 spiro atoms. The maximum Gasteiger partial charge on any atom is 0.192 e. The van der Waals surface area contributed by atoms with Crippen LogP contribution in [0.15, 0.2) is 60.2 Å². The highest BCUT2D eigenvalue weighted by Crippen LogP contribution is 2.30. The number of hydrogen-bond donors (Lipinski definition) is 1. The molecule has 2 aromatic rings. The lowest BCUT2D eigenvalue weighted by molar-refractivity contribution is 0.0947. The van der Waals surface area contributed by atoms with E-state index in [1.807, 2.05) is 12.1 Å². The number of Topliss-reactive ketones (excluding diaryl/α,β-unsaturated/α-hetero) is 1. The second-order valence-electron chi connectivity index (χ2n) is 6.06. The highest BCUT2D eigenvalue weighted by molar-refractivity contribution is 6.24. The molecule has 0 radical (unpaired) electrons. The Morgan fingerprint density at radius 1 is 0.826 bits per heavy atom. The van der Waals surface area contributed by atoms with Crippen molar-refractivity contribution >= 4 is 11.6 Å². The van der Waals surface area contributed by atoms with Crippen LogP contribution >= 0.6 is 0 Å². The summed E-state index contributed by atoms with van der Waals surface area (Å²) in [5.41, 5.74) is 2.65. The third-order valence-electron chi connectivity index (χ3n) is 4.20. The zero-order valence-corrected chi connectivity index (χ0v) is 13.1. The molecule has 0 heterocycles. The zero-order chi connectivity index (χ0) is 16.6. The van der Waals surface area contributed by atoms with Crippen LogP contribution in [-0.2, 0) is 0 Å². The van der Waals surface area contributed by atoms with Crippen LogP contribution in [0.3, 0.4) is 0 Å². The number of allylic oxidation sites excluding steroid dienone is 1. The monoisotopic (exact) mass is 306 g/mol. The lowest BCUT2D eigenvalue weighted by atomic mass is 9.85. The smallest absolute Gasteiger partial charge is 0.192 e. The van der Waals surface area contributed by atoms with Crippen molar-refractivity contribution in [3.8, 4) is 0 Å². The molecule has 0 aromatic heterocycles. The van der Waals surface area contributed by atoms with Gasteiger partial charge in [-0.05, 0) is 23.1 Å². The Bertz CT molecular complexity index is 798. The fourth-order valence-corrected chi connectivity index (χ4v) is 2.78. The van der Waals surface area contributed by atoms with Crippen molar-refractivity contribution in [1.29, 1.82) is 0 Å². The second-order valence-corrected chi connectivity index (χ2v) is 6.06. The standard InChI is InChI=1S/C20H18O3/c1-12(2)13-7-9-14(10-8-13)19(22)17-11-18(21)15-5-3-4-6-16(15)20(17)23/h3-12,19,22H,1-2H3/t19-/m1/s1. The topological polar surface area (TPSA) is 54.4 Å². The summed E-state index contributed by atoms with van der Waals surface area (Å²) >= 11 is 0. The molecule has 1 atom stereocenters. The molecule has 3 rings (SSSR count). The van der Waals surface area contributed by atoms with E-state index in [-0.39, 0.29) is 17.1 Å². The molecule has 0 fully saturated rings. The number of carbonyl (C=O) groups is 2.